The number of halogens is 1. The molecule has 0 radical (unpaired) electrons. The van der Waals surface area contributed by atoms with E-state index in [9.17, 15) is 9.59 Å². The molecule has 2 N–H and O–H groups in total. The summed E-state index contributed by atoms with van der Waals surface area (Å²) in [6.45, 7) is 4.01. The third-order valence-electron chi connectivity index (χ3n) is 4.32. The number of thiocarbonyl (C=S) groups is 1. The normalized spacial score (nSPS) is 11.5. The molecule has 0 amide bonds. The lowest BCUT2D eigenvalue weighted by Crippen LogP contribution is -2.37. The molecule has 2 heterocycles. The van der Waals surface area contributed by atoms with Crippen LogP contribution in [0.3, 0.4) is 0 Å². The summed E-state index contributed by atoms with van der Waals surface area (Å²) in [6.07, 6.45) is 0.699. The lowest BCUT2D eigenvalue weighted by Gasteiger charge is -2.24. The van der Waals surface area contributed by atoms with Crippen LogP contribution in [-0.2, 0) is 4.79 Å². The number of rotatable bonds is 6. The summed E-state index contributed by atoms with van der Waals surface area (Å²) in [4.78, 5) is 22.5. The van der Waals surface area contributed by atoms with Gasteiger partial charge in [-0.1, -0.05) is 25.4 Å². The van der Waals surface area contributed by atoms with Crippen LogP contribution in [0.15, 0.2) is 40.8 Å². The third-order valence-corrected chi connectivity index (χ3v) is 4.90. The smallest absolute Gasteiger partial charge is 0.303 e. The molecular weight excluding hydrogens is 400 g/mol. The summed E-state index contributed by atoms with van der Waals surface area (Å²) in [5, 5.41) is 13.0. The zero-order valence-corrected chi connectivity index (χ0v) is 16.9. The topological polar surface area (TPSA) is 84.5 Å². The lowest BCUT2D eigenvalue weighted by atomic mass is 9.89. The molecule has 0 fully saturated rings. The van der Waals surface area contributed by atoms with Crippen LogP contribution in [0, 0.1) is 5.41 Å². The maximum atomic E-state index is 11.5. The fourth-order valence-corrected chi connectivity index (χ4v) is 3.35. The van der Waals surface area contributed by atoms with Crippen LogP contribution in [0.2, 0.25) is 5.02 Å². The quantitative estimate of drug-likeness (QED) is 0.450. The molecular formula is C20H19ClN2O4S. The number of hydrogen-bond donors (Lipinski definition) is 2. The van der Waals surface area contributed by atoms with Crippen LogP contribution in [0.5, 0.6) is 0 Å². The second-order valence-corrected chi connectivity index (χ2v) is 8.11. The molecule has 6 nitrogen and oxygen atoms in total. The first-order chi connectivity index (χ1) is 13.2. The predicted octanol–water partition coefficient (Wildman–Crippen LogP) is 4.59. The van der Waals surface area contributed by atoms with E-state index in [1.54, 1.807) is 22.8 Å². The molecule has 0 aliphatic carbocycles. The Labute approximate surface area is 172 Å². The number of furan rings is 1. The summed E-state index contributed by atoms with van der Waals surface area (Å²) >= 11 is 11.4. The van der Waals surface area contributed by atoms with E-state index in [0.717, 1.165) is 5.56 Å². The molecule has 8 heteroatoms. The molecule has 3 aromatic rings. The molecule has 0 aliphatic rings. The number of carbonyl (C=O) groups is 2. The number of nitrogens with one attached hydrogen (secondary N) is 1. The number of aliphatic carboxylic acids is 1. The Morgan fingerprint density at radius 2 is 2.00 bits per heavy atom. The number of nitrogens with zero attached hydrogens (tertiary/aromatic N) is 1. The Morgan fingerprint density at radius 3 is 2.61 bits per heavy atom. The van der Waals surface area contributed by atoms with Crippen molar-refractivity contribution in [3.8, 4) is 11.3 Å². The van der Waals surface area contributed by atoms with Crippen molar-refractivity contribution >= 4 is 52.3 Å². The molecule has 2 aromatic heterocycles. The zero-order valence-electron chi connectivity index (χ0n) is 15.4. The Hall–Kier alpha value is -2.64. The Morgan fingerprint density at radius 1 is 1.32 bits per heavy atom. The summed E-state index contributed by atoms with van der Waals surface area (Å²) in [6, 6.07) is 10.7. The van der Waals surface area contributed by atoms with Crippen LogP contribution >= 0.6 is 23.8 Å². The number of benzene rings is 1. The molecule has 28 heavy (non-hydrogen) atoms. The van der Waals surface area contributed by atoms with Crippen molar-refractivity contribution in [2.45, 2.75) is 20.3 Å². The first-order valence-electron chi connectivity index (χ1n) is 8.56. The minimum absolute atomic E-state index is 0.00331. The van der Waals surface area contributed by atoms with Gasteiger partial charge in [-0.05, 0) is 41.9 Å². The second kappa shape index (κ2) is 7.77. The number of hydrogen-bond acceptors (Lipinski definition) is 4. The van der Waals surface area contributed by atoms with E-state index in [1.807, 2.05) is 32.0 Å². The van der Waals surface area contributed by atoms with E-state index in [1.165, 1.54) is 0 Å². The highest BCUT2D eigenvalue weighted by atomic mass is 35.5. The molecule has 3 rings (SSSR count). The van der Waals surface area contributed by atoms with Gasteiger partial charge < -0.3 is 14.8 Å². The number of carboxylic acids is 1. The predicted molar refractivity (Wildman–Crippen MR) is 112 cm³/mol. The maximum absolute atomic E-state index is 11.5. The number of carboxylic acid groups (broad SMARTS) is 1. The summed E-state index contributed by atoms with van der Waals surface area (Å²) in [5.41, 5.74) is 1.88. The summed E-state index contributed by atoms with van der Waals surface area (Å²) < 4.78 is 7.47. The standard InChI is InChI=1S/C20H19ClN2O4S/c1-20(2,9-18(25)26)11-22-19(28)23-14(10-24)7-17-15(23)8-16(27-17)12-3-5-13(21)6-4-12/h3-8,10H,9,11H2,1-2H3,(H,22,28)(H,25,26). The van der Waals surface area contributed by atoms with Gasteiger partial charge in [-0.2, -0.15) is 0 Å². The fourth-order valence-electron chi connectivity index (χ4n) is 2.95. The summed E-state index contributed by atoms with van der Waals surface area (Å²) in [7, 11) is 0. The van der Waals surface area contributed by atoms with Gasteiger partial charge in [-0.25, -0.2) is 0 Å². The number of aromatic nitrogens is 1. The number of aldehydes is 1. The monoisotopic (exact) mass is 418 g/mol. The highest BCUT2D eigenvalue weighted by molar-refractivity contribution is 7.80. The average molecular weight is 419 g/mol. The van der Waals surface area contributed by atoms with Crippen molar-refractivity contribution in [1.82, 2.24) is 9.88 Å². The van der Waals surface area contributed by atoms with Gasteiger partial charge in [0, 0.05) is 29.3 Å². The van der Waals surface area contributed by atoms with Crippen LogP contribution in [0.25, 0.3) is 22.4 Å². The molecule has 0 saturated heterocycles. The van der Waals surface area contributed by atoms with E-state index in [-0.39, 0.29) is 6.42 Å². The van der Waals surface area contributed by atoms with Crippen LogP contribution in [0.4, 0.5) is 0 Å². The molecule has 0 spiro atoms. The molecule has 0 aliphatic heterocycles. The second-order valence-electron chi connectivity index (χ2n) is 7.28. The Bertz CT molecular complexity index is 1050. The van der Waals surface area contributed by atoms with Crippen molar-refractivity contribution in [3.05, 3.63) is 47.1 Å². The molecule has 0 saturated carbocycles. The number of carbonyl (C=O) groups excluding carboxylic acids is 1. The van der Waals surface area contributed by atoms with Crippen molar-refractivity contribution in [1.29, 1.82) is 0 Å². The minimum atomic E-state index is -0.878. The third kappa shape index (κ3) is 4.26. The van der Waals surface area contributed by atoms with Crippen molar-refractivity contribution < 1.29 is 19.1 Å². The van der Waals surface area contributed by atoms with Crippen molar-refractivity contribution in [2.24, 2.45) is 5.41 Å². The Kier molecular flexibility index (Phi) is 5.58. The van der Waals surface area contributed by atoms with Crippen molar-refractivity contribution in [2.75, 3.05) is 6.54 Å². The van der Waals surface area contributed by atoms with Gasteiger partial charge in [0.2, 0.25) is 0 Å². The highest BCUT2D eigenvalue weighted by Crippen LogP contribution is 2.30. The van der Waals surface area contributed by atoms with Gasteiger partial charge >= 0.3 is 5.97 Å². The molecule has 0 bridgehead atoms. The van der Waals surface area contributed by atoms with Gasteiger partial charge in [0.15, 0.2) is 17.0 Å². The molecule has 146 valence electrons. The molecule has 0 unspecified atom stereocenters. The molecule has 0 atom stereocenters. The van der Waals surface area contributed by atoms with E-state index >= 15 is 0 Å². The molecule has 1 aromatic carbocycles. The van der Waals surface area contributed by atoms with Crippen LogP contribution in [-0.4, -0.2) is 33.6 Å². The van der Waals surface area contributed by atoms with Crippen LogP contribution in [0.1, 0.15) is 30.8 Å². The minimum Gasteiger partial charge on any atom is -0.481 e. The SMILES string of the molecule is CC(C)(CNC(=S)n1c(C=O)cc2oc(-c3ccc(Cl)cc3)cc21)CC(=O)O. The van der Waals surface area contributed by atoms with E-state index in [4.69, 9.17) is 33.3 Å². The average Bonchev–Trinajstić information content (AvgIpc) is 3.16. The largest absolute Gasteiger partial charge is 0.481 e. The van der Waals surface area contributed by atoms with E-state index in [0.29, 0.717) is 45.5 Å². The highest BCUT2D eigenvalue weighted by Gasteiger charge is 2.23. The van der Waals surface area contributed by atoms with Gasteiger partial charge in [0.25, 0.3) is 0 Å². The Balaban J connectivity index is 1.90. The van der Waals surface area contributed by atoms with Gasteiger partial charge in [0.1, 0.15) is 5.76 Å². The maximum Gasteiger partial charge on any atom is 0.303 e. The zero-order chi connectivity index (χ0) is 20.5. The van der Waals surface area contributed by atoms with Gasteiger partial charge in [-0.3, -0.25) is 14.2 Å². The van der Waals surface area contributed by atoms with Gasteiger partial charge in [0.05, 0.1) is 17.6 Å². The van der Waals surface area contributed by atoms with Crippen molar-refractivity contribution in [3.63, 3.8) is 0 Å². The van der Waals surface area contributed by atoms with Gasteiger partial charge in [-0.15, -0.1) is 0 Å². The first-order valence-corrected chi connectivity index (χ1v) is 9.35. The van der Waals surface area contributed by atoms with E-state index in [2.05, 4.69) is 5.32 Å². The lowest BCUT2D eigenvalue weighted by molar-refractivity contribution is -0.139. The van der Waals surface area contributed by atoms with E-state index < -0.39 is 11.4 Å². The van der Waals surface area contributed by atoms with Crippen LogP contribution < -0.4 is 5.32 Å². The fraction of sp³-hybridized carbons (Fsp3) is 0.250. The summed E-state index contributed by atoms with van der Waals surface area (Å²) in [5.74, 6) is -0.251. The first kappa shape index (κ1) is 20.1. The number of fused-ring (bicyclic) bond motifs is 1.